The molecule has 4 heteroatoms. The second kappa shape index (κ2) is 6.26. The Kier molecular flexibility index (Phi) is 4.66. The first-order valence-electron chi connectivity index (χ1n) is 6.27. The van der Waals surface area contributed by atoms with Gasteiger partial charge in [-0.25, -0.2) is 8.78 Å². The Balaban J connectivity index is 1.98. The third kappa shape index (κ3) is 4.11. The SMILES string of the molecule is CC(Cc1ccsc1)NC(C)c1cc(F)cc(F)c1. The van der Waals surface area contributed by atoms with Crippen LogP contribution >= 0.6 is 11.3 Å². The standard InChI is InChI=1S/C15H17F2NS/c1-10(5-12-3-4-19-9-12)18-11(2)13-6-14(16)8-15(17)7-13/h3-4,6-11,18H,5H2,1-2H3. The molecule has 102 valence electrons. The van der Waals surface area contributed by atoms with Gasteiger partial charge in [0.2, 0.25) is 0 Å². The molecule has 0 aliphatic heterocycles. The van der Waals surface area contributed by atoms with Crippen LogP contribution in [0, 0.1) is 11.6 Å². The van der Waals surface area contributed by atoms with Crippen LogP contribution < -0.4 is 5.32 Å². The van der Waals surface area contributed by atoms with Gasteiger partial charge in [-0.3, -0.25) is 0 Å². The van der Waals surface area contributed by atoms with Gasteiger partial charge in [-0.2, -0.15) is 11.3 Å². The van der Waals surface area contributed by atoms with Crippen molar-refractivity contribution < 1.29 is 8.78 Å². The fourth-order valence-corrected chi connectivity index (χ4v) is 2.85. The predicted molar refractivity (Wildman–Crippen MR) is 75.4 cm³/mol. The lowest BCUT2D eigenvalue weighted by atomic mass is 10.1. The quantitative estimate of drug-likeness (QED) is 0.861. The van der Waals surface area contributed by atoms with E-state index in [9.17, 15) is 8.78 Å². The number of hydrogen-bond donors (Lipinski definition) is 1. The van der Waals surface area contributed by atoms with E-state index in [1.165, 1.54) is 17.7 Å². The predicted octanol–water partition coefficient (Wildman–Crippen LogP) is 4.31. The Bertz CT molecular complexity index is 505. The second-order valence-corrected chi connectivity index (χ2v) is 5.61. The first kappa shape index (κ1) is 14.2. The number of benzene rings is 1. The van der Waals surface area contributed by atoms with Crippen molar-refractivity contribution in [3.8, 4) is 0 Å². The number of halogens is 2. The number of thiophene rings is 1. The maximum Gasteiger partial charge on any atom is 0.126 e. The minimum Gasteiger partial charge on any atom is -0.307 e. The molecule has 2 atom stereocenters. The van der Waals surface area contributed by atoms with Gasteiger partial charge in [0, 0.05) is 18.2 Å². The van der Waals surface area contributed by atoms with E-state index in [1.807, 2.05) is 12.3 Å². The maximum absolute atomic E-state index is 13.2. The summed E-state index contributed by atoms with van der Waals surface area (Å²) in [7, 11) is 0. The minimum absolute atomic E-state index is 0.0844. The highest BCUT2D eigenvalue weighted by Gasteiger charge is 2.12. The zero-order chi connectivity index (χ0) is 13.8. The molecule has 0 aliphatic rings. The number of nitrogens with one attached hydrogen (secondary N) is 1. The van der Waals surface area contributed by atoms with E-state index in [0.717, 1.165) is 12.5 Å². The van der Waals surface area contributed by atoms with E-state index in [0.29, 0.717) is 5.56 Å². The summed E-state index contributed by atoms with van der Waals surface area (Å²) in [4.78, 5) is 0. The van der Waals surface area contributed by atoms with E-state index >= 15 is 0 Å². The molecule has 0 spiro atoms. The average molecular weight is 281 g/mol. The summed E-state index contributed by atoms with van der Waals surface area (Å²) in [6.07, 6.45) is 0.908. The normalized spacial score (nSPS) is 14.3. The van der Waals surface area contributed by atoms with E-state index in [4.69, 9.17) is 0 Å². The Hall–Kier alpha value is -1.26. The van der Waals surface area contributed by atoms with Crippen molar-refractivity contribution in [3.63, 3.8) is 0 Å². The zero-order valence-electron chi connectivity index (χ0n) is 11.0. The van der Waals surface area contributed by atoms with Crippen LogP contribution in [-0.2, 0) is 6.42 Å². The van der Waals surface area contributed by atoms with Crippen LogP contribution in [0.1, 0.15) is 31.0 Å². The van der Waals surface area contributed by atoms with Crippen molar-refractivity contribution in [2.75, 3.05) is 0 Å². The molecule has 0 fully saturated rings. The third-order valence-corrected chi connectivity index (χ3v) is 3.77. The monoisotopic (exact) mass is 281 g/mol. The fourth-order valence-electron chi connectivity index (χ4n) is 2.17. The second-order valence-electron chi connectivity index (χ2n) is 4.83. The molecule has 2 rings (SSSR count). The van der Waals surface area contributed by atoms with Crippen LogP contribution in [-0.4, -0.2) is 6.04 Å². The molecule has 1 aromatic heterocycles. The Morgan fingerprint density at radius 2 is 1.84 bits per heavy atom. The molecule has 1 N–H and O–H groups in total. The Labute approximate surface area is 116 Å². The summed E-state index contributed by atoms with van der Waals surface area (Å²) >= 11 is 1.67. The largest absolute Gasteiger partial charge is 0.307 e. The molecular formula is C15H17F2NS. The smallest absolute Gasteiger partial charge is 0.126 e. The van der Waals surface area contributed by atoms with Crippen molar-refractivity contribution in [1.29, 1.82) is 0 Å². The molecule has 2 aromatic rings. The molecule has 19 heavy (non-hydrogen) atoms. The highest BCUT2D eigenvalue weighted by atomic mass is 32.1. The van der Waals surface area contributed by atoms with Crippen LogP contribution in [0.25, 0.3) is 0 Å². The van der Waals surface area contributed by atoms with E-state index in [2.05, 4.69) is 23.7 Å². The van der Waals surface area contributed by atoms with Gasteiger partial charge in [-0.15, -0.1) is 0 Å². The van der Waals surface area contributed by atoms with Gasteiger partial charge in [0.25, 0.3) is 0 Å². The molecule has 2 unspecified atom stereocenters. The van der Waals surface area contributed by atoms with Gasteiger partial charge >= 0.3 is 0 Å². The molecule has 0 radical (unpaired) electrons. The molecule has 0 aliphatic carbocycles. The summed E-state index contributed by atoms with van der Waals surface area (Å²) in [5.41, 5.74) is 1.91. The zero-order valence-corrected chi connectivity index (χ0v) is 11.8. The summed E-state index contributed by atoms with van der Waals surface area (Å²) < 4.78 is 26.3. The van der Waals surface area contributed by atoms with E-state index in [1.54, 1.807) is 11.3 Å². The first-order chi connectivity index (χ1) is 9.04. The number of hydrogen-bond acceptors (Lipinski definition) is 2. The van der Waals surface area contributed by atoms with Gasteiger partial charge in [0.15, 0.2) is 0 Å². The van der Waals surface area contributed by atoms with Crippen molar-refractivity contribution in [1.82, 2.24) is 5.32 Å². The molecule has 0 bridgehead atoms. The fraction of sp³-hybridized carbons (Fsp3) is 0.333. The number of rotatable bonds is 5. The highest BCUT2D eigenvalue weighted by molar-refractivity contribution is 7.07. The van der Waals surface area contributed by atoms with Crippen molar-refractivity contribution in [2.24, 2.45) is 0 Å². The topological polar surface area (TPSA) is 12.0 Å². The van der Waals surface area contributed by atoms with Crippen LogP contribution in [0.2, 0.25) is 0 Å². The van der Waals surface area contributed by atoms with Gasteiger partial charge in [-0.1, -0.05) is 0 Å². The van der Waals surface area contributed by atoms with Gasteiger partial charge in [0.05, 0.1) is 0 Å². The molecule has 1 heterocycles. The summed E-state index contributed by atoms with van der Waals surface area (Å²) in [6.45, 7) is 3.99. The molecule has 0 amide bonds. The molecule has 0 saturated heterocycles. The average Bonchev–Trinajstić information content (AvgIpc) is 2.80. The maximum atomic E-state index is 13.2. The van der Waals surface area contributed by atoms with E-state index < -0.39 is 11.6 Å². The highest BCUT2D eigenvalue weighted by Crippen LogP contribution is 2.17. The van der Waals surface area contributed by atoms with Crippen LogP contribution in [0.3, 0.4) is 0 Å². The minimum atomic E-state index is -0.533. The van der Waals surface area contributed by atoms with Crippen LogP contribution in [0.15, 0.2) is 35.0 Å². The molecule has 1 aromatic carbocycles. The first-order valence-corrected chi connectivity index (χ1v) is 7.22. The van der Waals surface area contributed by atoms with Crippen LogP contribution in [0.4, 0.5) is 8.78 Å². The molecule has 1 nitrogen and oxygen atoms in total. The molecular weight excluding hydrogens is 264 g/mol. The Morgan fingerprint density at radius 3 is 2.42 bits per heavy atom. The van der Waals surface area contributed by atoms with Gasteiger partial charge in [-0.05, 0) is 60.4 Å². The summed E-state index contributed by atoms with van der Waals surface area (Å²) in [5, 5.41) is 7.52. The molecule has 0 saturated carbocycles. The summed E-state index contributed by atoms with van der Waals surface area (Å²) in [6, 6.07) is 5.89. The Morgan fingerprint density at radius 1 is 1.16 bits per heavy atom. The lowest BCUT2D eigenvalue weighted by Crippen LogP contribution is -2.30. The van der Waals surface area contributed by atoms with Crippen molar-refractivity contribution in [3.05, 3.63) is 57.8 Å². The van der Waals surface area contributed by atoms with Crippen molar-refractivity contribution >= 4 is 11.3 Å². The lowest BCUT2D eigenvalue weighted by molar-refractivity contribution is 0.472. The summed E-state index contributed by atoms with van der Waals surface area (Å²) in [5.74, 6) is -1.07. The van der Waals surface area contributed by atoms with Crippen LogP contribution in [0.5, 0.6) is 0 Å². The third-order valence-electron chi connectivity index (χ3n) is 3.04. The van der Waals surface area contributed by atoms with Gasteiger partial charge in [0.1, 0.15) is 11.6 Å². The lowest BCUT2D eigenvalue weighted by Gasteiger charge is -2.20. The van der Waals surface area contributed by atoms with Crippen molar-refractivity contribution in [2.45, 2.75) is 32.4 Å². The van der Waals surface area contributed by atoms with Gasteiger partial charge < -0.3 is 5.32 Å². The van der Waals surface area contributed by atoms with E-state index in [-0.39, 0.29) is 12.1 Å².